The van der Waals surface area contributed by atoms with Crippen molar-refractivity contribution in [2.24, 2.45) is 5.92 Å². The van der Waals surface area contributed by atoms with Crippen molar-refractivity contribution < 1.29 is 13.2 Å². The van der Waals surface area contributed by atoms with Gasteiger partial charge in [0.1, 0.15) is 0 Å². The summed E-state index contributed by atoms with van der Waals surface area (Å²) in [6.45, 7) is 5.77. The van der Waals surface area contributed by atoms with E-state index in [2.05, 4.69) is 22.5 Å². The summed E-state index contributed by atoms with van der Waals surface area (Å²) in [6, 6.07) is 19.5. The molecule has 184 valence electrons. The number of rotatable bonds is 8. The van der Waals surface area contributed by atoms with Gasteiger partial charge >= 0.3 is 0 Å². The predicted molar refractivity (Wildman–Crippen MR) is 138 cm³/mol. The number of piperidine rings is 1. The van der Waals surface area contributed by atoms with Gasteiger partial charge in [0.15, 0.2) is 0 Å². The average Bonchev–Trinajstić information content (AvgIpc) is 3.14. The zero-order valence-electron chi connectivity index (χ0n) is 20.2. The van der Waals surface area contributed by atoms with Gasteiger partial charge in [0.05, 0.1) is 12.2 Å². The summed E-state index contributed by atoms with van der Waals surface area (Å²) in [6.07, 6.45) is 2.63. The van der Waals surface area contributed by atoms with Crippen molar-refractivity contribution in [3.8, 4) is 0 Å². The molecule has 1 aliphatic rings. The number of aromatic nitrogens is 2. The van der Waals surface area contributed by atoms with Gasteiger partial charge in [0.2, 0.25) is 15.9 Å². The highest BCUT2D eigenvalue weighted by Gasteiger charge is 2.30. The topological polar surface area (TPSA) is 84.3 Å². The highest BCUT2D eigenvalue weighted by molar-refractivity contribution is 7.92. The molecule has 1 aliphatic heterocycles. The van der Waals surface area contributed by atoms with E-state index in [0.29, 0.717) is 39.0 Å². The van der Waals surface area contributed by atoms with Crippen LogP contribution in [0.4, 0.5) is 0 Å². The lowest BCUT2D eigenvalue weighted by atomic mass is 9.97. The lowest BCUT2D eigenvalue weighted by molar-refractivity contribution is -0.126. The Morgan fingerprint density at radius 1 is 1.03 bits per heavy atom. The Balaban J connectivity index is 1.30. The summed E-state index contributed by atoms with van der Waals surface area (Å²) >= 11 is 0. The van der Waals surface area contributed by atoms with Gasteiger partial charge in [-0.1, -0.05) is 60.7 Å². The van der Waals surface area contributed by atoms with Crippen molar-refractivity contribution in [2.75, 3.05) is 13.1 Å². The van der Waals surface area contributed by atoms with Crippen LogP contribution in [0.2, 0.25) is 0 Å². The molecule has 1 saturated heterocycles. The molecule has 3 aromatic rings. The van der Waals surface area contributed by atoms with Crippen LogP contribution in [0, 0.1) is 19.8 Å². The maximum absolute atomic E-state index is 12.8. The Labute approximate surface area is 207 Å². The fourth-order valence-electron chi connectivity index (χ4n) is 4.41. The van der Waals surface area contributed by atoms with Gasteiger partial charge in [-0.05, 0) is 43.9 Å². The summed E-state index contributed by atoms with van der Waals surface area (Å²) in [5.41, 5.74) is 4.99. The molecule has 1 fully saturated rings. The number of carbonyl (C=O) groups is 1. The maximum Gasteiger partial charge on any atom is 0.236 e. The minimum atomic E-state index is -3.51. The molecule has 0 saturated carbocycles. The van der Waals surface area contributed by atoms with Crippen molar-refractivity contribution in [1.29, 1.82) is 0 Å². The molecular weight excluding hydrogens is 460 g/mol. The van der Waals surface area contributed by atoms with Crippen LogP contribution < -0.4 is 5.32 Å². The van der Waals surface area contributed by atoms with E-state index in [-0.39, 0.29) is 11.8 Å². The van der Waals surface area contributed by atoms with E-state index in [1.54, 1.807) is 6.08 Å². The second kappa shape index (κ2) is 11.0. The van der Waals surface area contributed by atoms with Crippen molar-refractivity contribution in [1.82, 2.24) is 19.4 Å². The van der Waals surface area contributed by atoms with Crippen LogP contribution in [0.5, 0.6) is 0 Å². The number of carbonyl (C=O) groups excluding carboxylic acids is 1. The molecular formula is C27H32N4O3S. The van der Waals surface area contributed by atoms with Crippen molar-refractivity contribution in [3.63, 3.8) is 0 Å². The molecule has 0 unspecified atom stereocenters. The van der Waals surface area contributed by atoms with E-state index >= 15 is 0 Å². The first-order chi connectivity index (χ1) is 16.8. The number of nitrogens with one attached hydrogen (secondary N) is 1. The van der Waals surface area contributed by atoms with Crippen LogP contribution in [0.1, 0.15) is 40.9 Å². The second-order valence-electron chi connectivity index (χ2n) is 8.94. The third-order valence-electron chi connectivity index (χ3n) is 6.56. The first-order valence-electron chi connectivity index (χ1n) is 11.9. The largest absolute Gasteiger partial charge is 0.352 e. The van der Waals surface area contributed by atoms with Crippen LogP contribution in [0.15, 0.2) is 66.1 Å². The van der Waals surface area contributed by atoms with Crippen LogP contribution >= 0.6 is 0 Å². The molecule has 0 aliphatic carbocycles. The summed E-state index contributed by atoms with van der Waals surface area (Å²) in [5.74, 6) is -0.226. The van der Waals surface area contributed by atoms with Crippen LogP contribution in [0.3, 0.4) is 0 Å². The average molecular weight is 493 g/mol. The molecule has 1 aromatic heterocycles. The van der Waals surface area contributed by atoms with E-state index in [0.717, 1.165) is 22.5 Å². The number of hydrogen-bond donors (Lipinski definition) is 1. The Morgan fingerprint density at radius 3 is 2.31 bits per heavy atom. The zero-order valence-corrected chi connectivity index (χ0v) is 21.0. The number of aryl methyl sites for hydroxylation is 1. The van der Waals surface area contributed by atoms with Gasteiger partial charge in [-0.2, -0.15) is 9.40 Å². The SMILES string of the molecule is Cc1nn(Cc2ccccc2)c(C)c1CNC(=O)C1CCN(S(=O)(=O)/C=C/c2ccccc2)CC1. The van der Waals surface area contributed by atoms with Gasteiger partial charge < -0.3 is 5.32 Å². The number of amides is 1. The zero-order chi connectivity index (χ0) is 24.8. The highest BCUT2D eigenvalue weighted by Crippen LogP contribution is 2.22. The predicted octanol–water partition coefficient (Wildman–Crippen LogP) is 3.88. The van der Waals surface area contributed by atoms with E-state index in [9.17, 15) is 13.2 Å². The lowest BCUT2D eigenvalue weighted by Gasteiger charge is -2.29. The monoisotopic (exact) mass is 492 g/mol. The molecule has 2 heterocycles. The standard InChI is InChI=1S/C27H32N4O3S/c1-21-26(22(2)31(29-21)20-24-11-7-4-8-12-24)19-28-27(32)25-13-16-30(17-14-25)35(33,34)18-15-23-9-5-3-6-10-23/h3-12,15,18,25H,13-14,16-17,19-20H2,1-2H3,(H,28,32)/b18-15+. The Morgan fingerprint density at radius 2 is 1.66 bits per heavy atom. The van der Waals surface area contributed by atoms with Gasteiger partial charge in [0.25, 0.3) is 0 Å². The second-order valence-corrected chi connectivity index (χ2v) is 10.8. The van der Waals surface area contributed by atoms with Crippen molar-refractivity contribution in [3.05, 3.63) is 94.1 Å². The minimum absolute atomic E-state index is 0.0310. The third kappa shape index (κ3) is 6.26. The van der Waals surface area contributed by atoms with Gasteiger partial charge in [-0.15, -0.1) is 0 Å². The molecule has 0 spiro atoms. The summed E-state index contributed by atoms with van der Waals surface area (Å²) < 4.78 is 28.8. The van der Waals surface area contributed by atoms with E-state index in [1.807, 2.05) is 67.1 Å². The van der Waals surface area contributed by atoms with E-state index < -0.39 is 10.0 Å². The van der Waals surface area contributed by atoms with Crippen LogP contribution in [-0.2, 0) is 27.9 Å². The minimum Gasteiger partial charge on any atom is -0.352 e. The maximum atomic E-state index is 12.8. The molecule has 1 N–H and O–H groups in total. The molecule has 2 aromatic carbocycles. The molecule has 8 heteroatoms. The highest BCUT2D eigenvalue weighted by atomic mass is 32.2. The fraction of sp³-hybridized carbons (Fsp3) is 0.333. The molecule has 1 amide bonds. The Hall–Kier alpha value is -3.23. The summed E-state index contributed by atoms with van der Waals surface area (Å²) in [7, 11) is -3.51. The van der Waals surface area contributed by atoms with Crippen LogP contribution in [-0.4, -0.2) is 41.5 Å². The molecule has 0 bridgehead atoms. The normalized spacial score (nSPS) is 15.5. The Kier molecular flexibility index (Phi) is 7.83. The third-order valence-corrected chi connectivity index (χ3v) is 8.13. The number of nitrogens with zero attached hydrogens (tertiary/aromatic N) is 3. The van der Waals surface area contributed by atoms with E-state index in [1.165, 1.54) is 15.3 Å². The van der Waals surface area contributed by atoms with Crippen LogP contribution in [0.25, 0.3) is 6.08 Å². The summed E-state index contributed by atoms with van der Waals surface area (Å²) in [4.78, 5) is 12.8. The van der Waals surface area contributed by atoms with E-state index in [4.69, 9.17) is 0 Å². The smallest absolute Gasteiger partial charge is 0.236 e. The molecule has 7 nitrogen and oxygen atoms in total. The Bertz CT molecular complexity index is 1280. The number of sulfonamides is 1. The van der Waals surface area contributed by atoms with Gasteiger partial charge in [-0.25, -0.2) is 8.42 Å². The lowest BCUT2D eigenvalue weighted by Crippen LogP contribution is -2.42. The summed E-state index contributed by atoms with van der Waals surface area (Å²) in [5, 5.41) is 8.96. The van der Waals surface area contributed by atoms with Gasteiger partial charge in [-0.3, -0.25) is 9.48 Å². The number of benzene rings is 2. The molecule has 0 atom stereocenters. The van der Waals surface area contributed by atoms with Gasteiger partial charge in [0, 0.05) is 42.2 Å². The first-order valence-corrected chi connectivity index (χ1v) is 13.4. The molecule has 4 rings (SSSR count). The number of hydrogen-bond acceptors (Lipinski definition) is 4. The fourth-order valence-corrected chi connectivity index (χ4v) is 5.63. The quantitative estimate of drug-likeness (QED) is 0.517. The van der Waals surface area contributed by atoms with Crippen molar-refractivity contribution >= 4 is 22.0 Å². The first kappa shape index (κ1) is 24.9. The molecule has 0 radical (unpaired) electrons. The van der Waals surface area contributed by atoms with Crippen molar-refractivity contribution in [2.45, 2.75) is 39.8 Å². The molecule has 35 heavy (non-hydrogen) atoms.